The number of hydrogen-bond donors (Lipinski definition) is 2. The van der Waals surface area contributed by atoms with Crippen molar-refractivity contribution in [3.05, 3.63) is 23.8 Å². The minimum Gasteiger partial charge on any atom is -0.480 e. The molecule has 9 heteroatoms. The number of ether oxygens (including phenoxy) is 3. The predicted molar refractivity (Wildman–Crippen MR) is 149 cm³/mol. The number of unbranched alkanes of at least 4 members (excludes halogenated alkanes) is 6. The fourth-order valence-corrected chi connectivity index (χ4v) is 4.25. The lowest BCUT2D eigenvalue weighted by Crippen LogP contribution is -2.40. The molecule has 0 amide bonds. The van der Waals surface area contributed by atoms with Crippen LogP contribution in [0.25, 0.3) is 0 Å². The van der Waals surface area contributed by atoms with Gasteiger partial charge in [-0.05, 0) is 42.9 Å². The van der Waals surface area contributed by atoms with Gasteiger partial charge in [0, 0.05) is 25.2 Å². The average molecular weight is 550 g/mol. The van der Waals surface area contributed by atoms with Crippen molar-refractivity contribution in [1.82, 2.24) is 0 Å². The van der Waals surface area contributed by atoms with E-state index in [9.17, 15) is 24.3 Å². The standard InChI is InChI=1S/C30H47NO8/c1-5-8-11-14-25(32)37-20-21(4)28(29(31)30(35)36)22-17-18-23(38-26(33)15-12-9-6-2)24(19-22)39-27(34)16-13-10-7-3/h17-19,21,28-29H,5-16,20,31H2,1-4H3,(H,35,36)/t21?,28?,29-/m0/s1. The molecular formula is C30H47NO8. The zero-order valence-corrected chi connectivity index (χ0v) is 24.0. The Morgan fingerprint density at radius 3 is 1.74 bits per heavy atom. The Hall–Kier alpha value is -2.94. The third-order valence-corrected chi connectivity index (χ3v) is 6.55. The Labute approximate surface area is 232 Å². The molecule has 9 nitrogen and oxygen atoms in total. The predicted octanol–water partition coefficient (Wildman–Crippen LogP) is 5.91. The van der Waals surface area contributed by atoms with E-state index in [-0.39, 0.29) is 36.9 Å². The van der Waals surface area contributed by atoms with E-state index in [4.69, 9.17) is 19.9 Å². The van der Waals surface area contributed by atoms with Gasteiger partial charge in [0.05, 0.1) is 6.61 Å². The fourth-order valence-electron chi connectivity index (χ4n) is 4.25. The molecule has 0 aliphatic carbocycles. The largest absolute Gasteiger partial charge is 0.480 e. The van der Waals surface area contributed by atoms with Crippen LogP contribution in [0, 0.1) is 5.92 Å². The van der Waals surface area contributed by atoms with Gasteiger partial charge in [-0.3, -0.25) is 19.2 Å². The minimum absolute atomic E-state index is 0.0170. The summed E-state index contributed by atoms with van der Waals surface area (Å²) >= 11 is 0. The van der Waals surface area contributed by atoms with Gasteiger partial charge in [-0.2, -0.15) is 0 Å². The lowest BCUT2D eigenvalue weighted by molar-refractivity contribution is -0.145. The van der Waals surface area contributed by atoms with E-state index in [2.05, 4.69) is 0 Å². The van der Waals surface area contributed by atoms with E-state index in [1.54, 1.807) is 13.0 Å². The van der Waals surface area contributed by atoms with E-state index in [1.165, 1.54) is 12.1 Å². The molecule has 3 atom stereocenters. The first-order valence-electron chi connectivity index (χ1n) is 14.3. The summed E-state index contributed by atoms with van der Waals surface area (Å²) in [6.07, 6.45) is 8.37. The highest BCUT2D eigenvalue weighted by Crippen LogP contribution is 2.36. The first kappa shape index (κ1) is 34.1. The van der Waals surface area contributed by atoms with Gasteiger partial charge in [-0.15, -0.1) is 0 Å². The highest BCUT2D eigenvalue weighted by atomic mass is 16.6. The van der Waals surface area contributed by atoms with Crippen molar-refractivity contribution in [3.63, 3.8) is 0 Å². The van der Waals surface area contributed by atoms with Crippen molar-refractivity contribution in [2.24, 2.45) is 11.7 Å². The van der Waals surface area contributed by atoms with Gasteiger partial charge in [-0.1, -0.05) is 72.3 Å². The Balaban J connectivity index is 3.22. The number of rotatable bonds is 20. The molecule has 0 bridgehead atoms. The molecule has 0 spiro atoms. The molecular weight excluding hydrogens is 502 g/mol. The number of benzene rings is 1. The Morgan fingerprint density at radius 1 is 0.769 bits per heavy atom. The van der Waals surface area contributed by atoms with E-state index in [0.29, 0.717) is 24.8 Å². The van der Waals surface area contributed by atoms with Gasteiger partial charge >= 0.3 is 23.9 Å². The first-order chi connectivity index (χ1) is 18.6. The quantitative estimate of drug-likeness (QED) is 0.115. The van der Waals surface area contributed by atoms with Crippen molar-refractivity contribution in [2.45, 2.75) is 117 Å². The van der Waals surface area contributed by atoms with Crippen LogP contribution < -0.4 is 15.2 Å². The van der Waals surface area contributed by atoms with Crippen LogP contribution in [0.4, 0.5) is 0 Å². The average Bonchev–Trinajstić information content (AvgIpc) is 2.89. The number of hydrogen-bond acceptors (Lipinski definition) is 8. The monoisotopic (exact) mass is 549 g/mol. The molecule has 0 fully saturated rings. The fraction of sp³-hybridized carbons (Fsp3) is 0.667. The van der Waals surface area contributed by atoms with Gasteiger partial charge in [0.1, 0.15) is 6.04 Å². The lowest BCUT2D eigenvalue weighted by atomic mass is 9.82. The van der Waals surface area contributed by atoms with Crippen LogP contribution in [-0.4, -0.2) is 41.6 Å². The summed E-state index contributed by atoms with van der Waals surface area (Å²) in [5, 5.41) is 9.71. The Morgan fingerprint density at radius 2 is 1.26 bits per heavy atom. The molecule has 0 saturated heterocycles. The maximum atomic E-state index is 12.5. The molecule has 3 N–H and O–H groups in total. The van der Waals surface area contributed by atoms with E-state index >= 15 is 0 Å². The number of nitrogens with two attached hydrogens (primary N) is 1. The maximum Gasteiger partial charge on any atom is 0.321 e. The van der Waals surface area contributed by atoms with Gasteiger partial charge in [0.15, 0.2) is 11.5 Å². The molecule has 0 aromatic heterocycles. The topological polar surface area (TPSA) is 142 Å². The van der Waals surface area contributed by atoms with Crippen LogP contribution in [0.15, 0.2) is 18.2 Å². The maximum absolute atomic E-state index is 12.5. The van der Waals surface area contributed by atoms with E-state index in [0.717, 1.165) is 44.9 Å². The highest BCUT2D eigenvalue weighted by molar-refractivity contribution is 5.77. The molecule has 1 aromatic carbocycles. The molecule has 1 rings (SSSR count). The molecule has 39 heavy (non-hydrogen) atoms. The zero-order valence-electron chi connectivity index (χ0n) is 24.0. The molecule has 1 aromatic rings. The number of carboxylic acids is 1. The van der Waals surface area contributed by atoms with Crippen LogP contribution in [0.2, 0.25) is 0 Å². The van der Waals surface area contributed by atoms with E-state index in [1.807, 2.05) is 20.8 Å². The van der Waals surface area contributed by atoms with Gasteiger partial charge in [0.2, 0.25) is 0 Å². The molecule has 0 aliphatic heterocycles. The lowest BCUT2D eigenvalue weighted by Gasteiger charge is -2.28. The molecule has 0 radical (unpaired) electrons. The Kier molecular flexibility index (Phi) is 16.8. The molecule has 2 unspecified atom stereocenters. The molecule has 0 aliphatic rings. The summed E-state index contributed by atoms with van der Waals surface area (Å²) < 4.78 is 16.5. The van der Waals surface area contributed by atoms with Crippen molar-refractivity contribution >= 4 is 23.9 Å². The van der Waals surface area contributed by atoms with Crippen molar-refractivity contribution in [3.8, 4) is 11.5 Å². The summed E-state index contributed by atoms with van der Waals surface area (Å²) in [4.78, 5) is 49.0. The van der Waals surface area contributed by atoms with Crippen molar-refractivity contribution in [2.75, 3.05) is 6.61 Å². The van der Waals surface area contributed by atoms with Gasteiger partial charge in [0.25, 0.3) is 0 Å². The first-order valence-corrected chi connectivity index (χ1v) is 14.3. The molecule has 220 valence electrons. The number of esters is 3. The van der Waals surface area contributed by atoms with Gasteiger partial charge in [-0.25, -0.2) is 0 Å². The van der Waals surface area contributed by atoms with Crippen LogP contribution >= 0.6 is 0 Å². The summed E-state index contributed by atoms with van der Waals surface area (Å²) in [7, 11) is 0. The number of carboxylic acid groups (broad SMARTS) is 1. The SMILES string of the molecule is CCCCCC(=O)OCC(C)C(c1ccc(OC(=O)CCCCC)c(OC(=O)CCCCC)c1)[C@H](N)C(=O)O. The summed E-state index contributed by atoms with van der Waals surface area (Å²) in [6, 6.07) is 3.29. The summed E-state index contributed by atoms with van der Waals surface area (Å²) in [6.45, 7) is 7.84. The van der Waals surface area contributed by atoms with Crippen LogP contribution in [0.3, 0.4) is 0 Å². The molecule has 0 saturated carbocycles. The smallest absolute Gasteiger partial charge is 0.321 e. The number of carbonyl (C=O) groups is 4. The summed E-state index contributed by atoms with van der Waals surface area (Å²) in [5.41, 5.74) is 6.56. The number of carbonyl (C=O) groups excluding carboxylic acids is 3. The second kappa shape index (κ2) is 19.2. The minimum atomic E-state index is -1.31. The third-order valence-electron chi connectivity index (χ3n) is 6.55. The van der Waals surface area contributed by atoms with Crippen molar-refractivity contribution in [1.29, 1.82) is 0 Å². The number of aliphatic carboxylic acids is 1. The highest BCUT2D eigenvalue weighted by Gasteiger charge is 2.32. The van der Waals surface area contributed by atoms with Crippen LogP contribution in [-0.2, 0) is 23.9 Å². The second-order valence-electron chi connectivity index (χ2n) is 10.1. The third kappa shape index (κ3) is 13.1. The second-order valence-corrected chi connectivity index (χ2v) is 10.1. The normalized spacial score (nSPS) is 13.3. The van der Waals surface area contributed by atoms with Crippen molar-refractivity contribution < 1.29 is 38.5 Å². The summed E-state index contributed by atoms with van der Waals surface area (Å²) in [5.74, 6) is -3.58. The zero-order chi connectivity index (χ0) is 29.2. The van der Waals surface area contributed by atoms with E-state index < -0.39 is 35.8 Å². The van der Waals surface area contributed by atoms with Gasteiger partial charge < -0.3 is 25.1 Å². The van der Waals surface area contributed by atoms with Crippen LogP contribution in [0.1, 0.15) is 116 Å². The van der Waals surface area contributed by atoms with Crippen LogP contribution in [0.5, 0.6) is 11.5 Å². The molecule has 0 heterocycles. The Bertz CT molecular complexity index is 916.